The van der Waals surface area contributed by atoms with Crippen LogP contribution in [0.25, 0.3) is 0 Å². The van der Waals surface area contributed by atoms with E-state index < -0.39 is 5.92 Å². The van der Waals surface area contributed by atoms with Crippen molar-refractivity contribution in [1.29, 1.82) is 0 Å². The average molecular weight is 396 g/mol. The SMILES string of the molecule is CCOC(=O)C1=C[C@@H](c2ccccc2)[C@H](C(=O)c2ccccc2)[C@H]1c1ccccc1. The Morgan fingerprint density at radius 1 is 0.767 bits per heavy atom. The number of ketones is 1. The van der Waals surface area contributed by atoms with Crippen molar-refractivity contribution >= 4 is 11.8 Å². The molecular weight excluding hydrogens is 372 g/mol. The highest BCUT2D eigenvalue weighted by Crippen LogP contribution is 2.49. The molecule has 0 bridgehead atoms. The number of benzene rings is 3. The zero-order chi connectivity index (χ0) is 20.9. The van der Waals surface area contributed by atoms with Gasteiger partial charge in [-0.25, -0.2) is 4.79 Å². The molecule has 0 saturated heterocycles. The van der Waals surface area contributed by atoms with Gasteiger partial charge in [0.05, 0.1) is 6.61 Å². The molecule has 150 valence electrons. The maximum Gasteiger partial charge on any atom is 0.334 e. The van der Waals surface area contributed by atoms with E-state index in [1.807, 2.05) is 97.1 Å². The molecule has 0 fully saturated rings. The zero-order valence-corrected chi connectivity index (χ0v) is 16.9. The minimum Gasteiger partial charge on any atom is -0.463 e. The highest BCUT2D eigenvalue weighted by Gasteiger charge is 2.45. The van der Waals surface area contributed by atoms with Gasteiger partial charge in [-0.15, -0.1) is 0 Å². The van der Waals surface area contributed by atoms with E-state index in [9.17, 15) is 9.59 Å². The molecule has 1 aliphatic carbocycles. The molecule has 3 nitrogen and oxygen atoms in total. The van der Waals surface area contributed by atoms with E-state index in [1.165, 1.54) is 0 Å². The van der Waals surface area contributed by atoms with E-state index in [2.05, 4.69) is 0 Å². The molecule has 4 rings (SSSR count). The third-order valence-electron chi connectivity index (χ3n) is 5.66. The largest absolute Gasteiger partial charge is 0.463 e. The Labute approximate surface area is 177 Å². The predicted octanol–water partition coefficient (Wildman–Crippen LogP) is 5.56. The molecule has 0 aromatic heterocycles. The van der Waals surface area contributed by atoms with Gasteiger partial charge in [-0.2, -0.15) is 0 Å². The standard InChI is InChI=1S/C27H24O3/c1-2-30-27(29)23-18-22(19-12-6-3-7-13-19)25(24(23)20-14-8-4-9-15-20)26(28)21-16-10-5-11-17-21/h3-18,22,24-25H,2H2,1H3/t22-,24-,25-/m0/s1. The van der Waals surface area contributed by atoms with Crippen molar-refractivity contribution < 1.29 is 14.3 Å². The van der Waals surface area contributed by atoms with E-state index in [0.717, 1.165) is 11.1 Å². The fourth-order valence-electron chi connectivity index (χ4n) is 4.35. The summed E-state index contributed by atoms with van der Waals surface area (Å²) in [6.07, 6.45) is 1.94. The summed E-state index contributed by atoms with van der Waals surface area (Å²) in [6, 6.07) is 29.0. The molecule has 0 amide bonds. The third kappa shape index (κ3) is 3.84. The second-order valence-corrected chi connectivity index (χ2v) is 7.42. The Bertz CT molecular complexity index is 1040. The molecule has 0 N–H and O–H groups in total. The van der Waals surface area contributed by atoms with E-state index in [1.54, 1.807) is 6.92 Å². The van der Waals surface area contributed by atoms with Crippen molar-refractivity contribution in [2.24, 2.45) is 5.92 Å². The van der Waals surface area contributed by atoms with Gasteiger partial charge in [-0.3, -0.25) is 4.79 Å². The first-order valence-electron chi connectivity index (χ1n) is 10.3. The number of Topliss-reactive ketones (excluding diaryl/α,β-unsaturated/α-hetero) is 1. The van der Waals surface area contributed by atoms with Gasteiger partial charge < -0.3 is 4.74 Å². The summed E-state index contributed by atoms with van der Waals surface area (Å²) in [5.41, 5.74) is 3.19. The predicted molar refractivity (Wildman–Crippen MR) is 117 cm³/mol. The molecule has 3 aromatic carbocycles. The van der Waals surface area contributed by atoms with Crippen LogP contribution < -0.4 is 0 Å². The number of carbonyl (C=O) groups is 2. The lowest BCUT2D eigenvalue weighted by Crippen LogP contribution is -2.26. The van der Waals surface area contributed by atoms with Gasteiger partial charge in [0.2, 0.25) is 0 Å². The molecule has 0 aliphatic heterocycles. The van der Waals surface area contributed by atoms with Crippen molar-refractivity contribution in [3.63, 3.8) is 0 Å². The summed E-state index contributed by atoms with van der Waals surface area (Å²) in [4.78, 5) is 26.7. The molecule has 0 radical (unpaired) electrons. The lowest BCUT2D eigenvalue weighted by molar-refractivity contribution is -0.138. The van der Waals surface area contributed by atoms with Crippen LogP contribution in [0.5, 0.6) is 0 Å². The number of carbonyl (C=O) groups excluding carboxylic acids is 2. The van der Waals surface area contributed by atoms with Crippen LogP contribution >= 0.6 is 0 Å². The van der Waals surface area contributed by atoms with Crippen molar-refractivity contribution in [3.05, 3.63) is 119 Å². The molecule has 3 heteroatoms. The van der Waals surface area contributed by atoms with E-state index >= 15 is 0 Å². The quantitative estimate of drug-likeness (QED) is 0.405. The Kier molecular flexibility index (Phi) is 5.89. The highest BCUT2D eigenvalue weighted by atomic mass is 16.5. The highest BCUT2D eigenvalue weighted by molar-refractivity contribution is 6.02. The first kappa shape index (κ1) is 19.8. The van der Waals surface area contributed by atoms with Gasteiger partial charge in [0.25, 0.3) is 0 Å². The third-order valence-corrected chi connectivity index (χ3v) is 5.66. The molecule has 30 heavy (non-hydrogen) atoms. The topological polar surface area (TPSA) is 43.4 Å². The molecule has 0 unspecified atom stereocenters. The summed E-state index contributed by atoms with van der Waals surface area (Å²) >= 11 is 0. The number of ether oxygens (including phenoxy) is 1. The minimum absolute atomic E-state index is 0.0360. The first-order chi connectivity index (χ1) is 14.7. The summed E-state index contributed by atoms with van der Waals surface area (Å²) in [7, 11) is 0. The summed E-state index contributed by atoms with van der Waals surface area (Å²) in [6.45, 7) is 2.09. The number of hydrogen-bond acceptors (Lipinski definition) is 3. The number of rotatable bonds is 6. The van der Waals surface area contributed by atoms with Gasteiger partial charge >= 0.3 is 5.97 Å². The zero-order valence-electron chi connectivity index (χ0n) is 16.9. The Morgan fingerprint density at radius 3 is 1.87 bits per heavy atom. The van der Waals surface area contributed by atoms with Crippen LogP contribution in [0.2, 0.25) is 0 Å². The monoisotopic (exact) mass is 396 g/mol. The van der Waals surface area contributed by atoms with Crippen LogP contribution in [0.1, 0.15) is 40.2 Å². The molecule has 0 spiro atoms. The number of allylic oxidation sites excluding steroid dienone is 1. The molecule has 0 heterocycles. The van der Waals surface area contributed by atoms with Gasteiger partial charge in [-0.05, 0) is 18.1 Å². The Morgan fingerprint density at radius 2 is 1.30 bits per heavy atom. The lowest BCUT2D eigenvalue weighted by atomic mass is 9.75. The second kappa shape index (κ2) is 8.91. The minimum atomic E-state index is -0.420. The van der Waals surface area contributed by atoms with Gasteiger partial charge in [-0.1, -0.05) is 97.1 Å². The fraction of sp³-hybridized carbons (Fsp3) is 0.185. The van der Waals surface area contributed by atoms with E-state index in [4.69, 9.17) is 4.74 Å². The molecule has 1 aliphatic rings. The van der Waals surface area contributed by atoms with E-state index in [0.29, 0.717) is 17.7 Å². The summed E-state index contributed by atoms with van der Waals surface area (Å²) in [5.74, 6) is -1.30. The molecule has 0 saturated carbocycles. The fourth-order valence-corrected chi connectivity index (χ4v) is 4.35. The summed E-state index contributed by atoms with van der Waals surface area (Å²) in [5, 5.41) is 0. The van der Waals surface area contributed by atoms with Crippen LogP contribution in [0, 0.1) is 5.92 Å². The average Bonchev–Trinajstić information content (AvgIpc) is 3.21. The van der Waals surface area contributed by atoms with Crippen molar-refractivity contribution in [2.75, 3.05) is 6.61 Å². The van der Waals surface area contributed by atoms with Crippen molar-refractivity contribution in [2.45, 2.75) is 18.8 Å². The Balaban J connectivity index is 1.87. The second-order valence-electron chi connectivity index (χ2n) is 7.42. The van der Waals surface area contributed by atoms with Crippen LogP contribution in [0.3, 0.4) is 0 Å². The van der Waals surface area contributed by atoms with Gasteiger partial charge in [0.15, 0.2) is 5.78 Å². The van der Waals surface area contributed by atoms with Gasteiger partial charge in [0.1, 0.15) is 0 Å². The molecule has 3 aromatic rings. The molecular formula is C27H24O3. The normalized spacial score (nSPS) is 20.4. The number of esters is 1. The van der Waals surface area contributed by atoms with Gasteiger partial charge in [0, 0.05) is 28.9 Å². The lowest BCUT2D eigenvalue weighted by Gasteiger charge is -2.26. The van der Waals surface area contributed by atoms with Crippen LogP contribution in [-0.4, -0.2) is 18.4 Å². The maximum atomic E-state index is 13.8. The molecule has 3 atom stereocenters. The smallest absolute Gasteiger partial charge is 0.334 e. The van der Waals surface area contributed by atoms with Crippen LogP contribution in [0.15, 0.2) is 103 Å². The maximum absolute atomic E-state index is 13.8. The van der Waals surface area contributed by atoms with E-state index in [-0.39, 0.29) is 23.6 Å². The summed E-state index contributed by atoms with van der Waals surface area (Å²) < 4.78 is 5.38. The first-order valence-corrected chi connectivity index (χ1v) is 10.3. The van der Waals surface area contributed by atoms with Crippen LogP contribution in [-0.2, 0) is 9.53 Å². The number of hydrogen-bond donors (Lipinski definition) is 0. The van der Waals surface area contributed by atoms with Crippen molar-refractivity contribution in [1.82, 2.24) is 0 Å². The van der Waals surface area contributed by atoms with Crippen LogP contribution in [0.4, 0.5) is 0 Å². The van der Waals surface area contributed by atoms with Crippen molar-refractivity contribution in [3.8, 4) is 0 Å². The Hall–Kier alpha value is -3.46.